The standard InChI is InChI=1S/C31H37FN6O3S/c1-18(2)38-30-24(20-8-11-22(12-9-20)35-23-16-41-17-23)15-34-31(33)28(30)29(36-38)21-10-13-26(25(32)14-21)37-42(39,40)27-7-5-4-6-19(27)3/h4-7,10,13-15,18,20,22-23,35,37H,8-9,11-12,16-17H2,1-3H3,(H2,33,34). The summed E-state index contributed by atoms with van der Waals surface area (Å²) >= 11 is 0. The van der Waals surface area contributed by atoms with Gasteiger partial charge in [-0.05, 0) is 81.7 Å². The predicted octanol–water partition coefficient (Wildman–Crippen LogP) is 5.52. The van der Waals surface area contributed by atoms with Gasteiger partial charge in [0.1, 0.15) is 17.3 Å². The van der Waals surface area contributed by atoms with E-state index >= 15 is 4.39 Å². The third-order valence-corrected chi connectivity index (χ3v) is 9.94. The van der Waals surface area contributed by atoms with Crippen LogP contribution >= 0.6 is 0 Å². The average Bonchev–Trinajstić information content (AvgIpc) is 3.35. The number of sulfonamides is 1. The van der Waals surface area contributed by atoms with Crippen molar-refractivity contribution in [3.8, 4) is 11.3 Å². The molecular weight excluding hydrogens is 555 g/mol. The Morgan fingerprint density at radius 3 is 2.45 bits per heavy atom. The number of nitrogens with zero attached hydrogens (tertiary/aromatic N) is 3. The molecule has 2 aromatic heterocycles. The maximum absolute atomic E-state index is 15.5. The van der Waals surface area contributed by atoms with Gasteiger partial charge in [-0.2, -0.15) is 5.10 Å². The Morgan fingerprint density at radius 2 is 1.81 bits per heavy atom. The summed E-state index contributed by atoms with van der Waals surface area (Å²) in [7, 11) is -3.97. The molecule has 0 radical (unpaired) electrons. The third kappa shape index (κ3) is 5.36. The van der Waals surface area contributed by atoms with Crippen molar-refractivity contribution in [2.24, 2.45) is 0 Å². The topological polar surface area (TPSA) is 124 Å². The predicted molar refractivity (Wildman–Crippen MR) is 162 cm³/mol. The van der Waals surface area contributed by atoms with E-state index in [1.807, 2.05) is 10.9 Å². The largest absolute Gasteiger partial charge is 0.383 e. The lowest BCUT2D eigenvalue weighted by atomic mass is 9.81. The zero-order valence-electron chi connectivity index (χ0n) is 24.1. The van der Waals surface area contributed by atoms with Gasteiger partial charge in [-0.25, -0.2) is 17.8 Å². The first-order valence-electron chi connectivity index (χ1n) is 14.5. The molecule has 42 heavy (non-hydrogen) atoms. The van der Waals surface area contributed by atoms with Crippen molar-refractivity contribution >= 4 is 32.4 Å². The minimum atomic E-state index is -3.97. The highest BCUT2D eigenvalue weighted by Gasteiger charge is 2.30. The molecule has 1 saturated carbocycles. The zero-order valence-corrected chi connectivity index (χ0v) is 24.9. The van der Waals surface area contributed by atoms with Gasteiger partial charge in [-0.15, -0.1) is 0 Å². The number of pyridine rings is 1. The van der Waals surface area contributed by atoms with E-state index in [2.05, 4.69) is 28.9 Å². The van der Waals surface area contributed by atoms with Crippen molar-refractivity contribution in [3.63, 3.8) is 0 Å². The fraction of sp³-hybridized carbons (Fsp3) is 0.419. The Kier molecular flexibility index (Phi) is 7.67. The van der Waals surface area contributed by atoms with Crippen LogP contribution in [0.4, 0.5) is 15.9 Å². The molecule has 2 aromatic carbocycles. The van der Waals surface area contributed by atoms with Crippen molar-refractivity contribution < 1.29 is 17.5 Å². The van der Waals surface area contributed by atoms with Crippen molar-refractivity contribution in [1.29, 1.82) is 0 Å². The van der Waals surface area contributed by atoms with E-state index < -0.39 is 15.8 Å². The fourth-order valence-corrected chi connectivity index (χ4v) is 7.45. The first kappa shape index (κ1) is 28.6. The molecule has 0 unspecified atom stereocenters. The van der Waals surface area contributed by atoms with Gasteiger partial charge in [-0.1, -0.05) is 24.3 Å². The number of nitrogens with one attached hydrogen (secondary N) is 2. The number of ether oxygens (including phenoxy) is 1. The van der Waals surface area contributed by atoms with Gasteiger partial charge < -0.3 is 15.8 Å². The van der Waals surface area contributed by atoms with Gasteiger partial charge in [0.25, 0.3) is 10.0 Å². The lowest BCUT2D eigenvalue weighted by molar-refractivity contribution is -0.0121. The number of nitrogen functional groups attached to an aromatic ring is 1. The maximum atomic E-state index is 15.5. The molecule has 3 heterocycles. The molecule has 11 heteroatoms. The normalized spacial score (nSPS) is 19.7. The summed E-state index contributed by atoms with van der Waals surface area (Å²) in [5.74, 6) is -0.0590. The summed E-state index contributed by atoms with van der Waals surface area (Å²) in [6.07, 6.45) is 6.07. The van der Waals surface area contributed by atoms with Crippen LogP contribution in [0, 0.1) is 12.7 Å². The van der Waals surface area contributed by atoms with Crippen LogP contribution in [0.25, 0.3) is 22.2 Å². The lowest BCUT2D eigenvalue weighted by Gasteiger charge is -2.35. The second kappa shape index (κ2) is 11.3. The summed E-state index contributed by atoms with van der Waals surface area (Å²) in [6, 6.07) is 12.0. The molecule has 0 atom stereocenters. The van der Waals surface area contributed by atoms with E-state index in [-0.39, 0.29) is 16.6 Å². The molecule has 1 aliphatic carbocycles. The van der Waals surface area contributed by atoms with Crippen LogP contribution in [0.5, 0.6) is 0 Å². The Labute approximate surface area is 245 Å². The first-order valence-corrected chi connectivity index (χ1v) is 16.0. The molecule has 2 fully saturated rings. The quantitative estimate of drug-likeness (QED) is 0.246. The molecule has 0 bridgehead atoms. The van der Waals surface area contributed by atoms with Gasteiger partial charge in [0.2, 0.25) is 0 Å². The van der Waals surface area contributed by atoms with E-state index in [9.17, 15) is 8.42 Å². The molecule has 2 aliphatic rings. The van der Waals surface area contributed by atoms with Crippen molar-refractivity contribution in [2.75, 3.05) is 23.7 Å². The summed E-state index contributed by atoms with van der Waals surface area (Å²) in [5, 5.41) is 9.32. The Bertz CT molecular complexity index is 1730. The average molecular weight is 593 g/mol. The number of halogens is 1. The van der Waals surface area contributed by atoms with Crippen LogP contribution in [-0.4, -0.2) is 48.5 Å². The molecule has 4 N–H and O–H groups in total. The number of nitrogens with two attached hydrogens (primary N) is 1. The van der Waals surface area contributed by atoms with Crippen molar-refractivity contribution in [3.05, 3.63) is 65.6 Å². The van der Waals surface area contributed by atoms with E-state index in [1.54, 1.807) is 31.2 Å². The highest BCUT2D eigenvalue weighted by atomic mass is 32.2. The molecule has 6 rings (SSSR count). The second-order valence-corrected chi connectivity index (χ2v) is 13.4. The molecule has 1 aliphatic heterocycles. The highest BCUT2D eigenvalue weighted by Crippen LogP contribution is 2.42. The number of benzene rings is 2. The number of aryl methyl sites for hydroxylation is 1. The molecule has 0 spiro atoms. The lowest BCUT2D eigenvalue weighted by Crippen LogP contribution is -2.51. The SMILES string of the molecule is Cc1ccccc1S(=O)(=O)Nc1ccc(-c2nn(C(C)C)c3c(C4CCC(NC5COC5)CC4)cnc(N)c23)cc1F. The highest BCUT2D eigenvalue weighted by molar-refractivity contribution is 7.92. The van der Waals surface area contributed by atoms with Crippen LogP contribution in [0.15, 0.2) is 53.6 Å². The molecule has 1 saturated heterocycles. The number of hydrogen-bond acceptors (Lipinski definition) is 7. The molecule has 9 nitrogen and oxygen atoms in total. The summed E-state index contributed by atoms with van der Waals surface area (Å²) < 4.78 is 51.1. The van der Waals surface area contributed by atoms with Crippen molar-refractivity contribution in [2.45, 2.75) is 75.4 Å². The van der Waals surface area contributed by atoms with Crippen LogP contribution in [-0.2, 0) is 14.8 Å². The number of fused-ring (bicyclic) bond motifs is 1. The Balaban J connectivity index is 1.33. The van der Waals surface area contributed by atoms with Gasteiger partial charge in [0.05, 0.1) is 40.7 Å². The summed E-state index contributed by atoms with van der Waals surface area (Å²) in [4.78, 5) is 4.67. The minimum absolute atomic E-state index is 0.0310. The Hall–Kier alpha value is -3.54. The minimum Gasteiger partial charge on any atom is -0.383 e. The summed E-state index contributed by atoms with van der Waals surface area (Å²) in [5.41, 5.74) is 9.96. The molecule has 222 valence electrons. The summed E-state index contributed by atoms with van der Waals surface area (Å²) in [6.45, 7) is 7.40. The van der Waals surface area contributed by atoms with Crippen LogP contribution in [0.3, 0.4) is 0 Å². The third-order valence-electron chi connectivity index (χ3n) is 8.42. The van der Waals surface area contributed by atoms with Gasteiger partial charge in [0, 0.05) is 23.8 Å². The zero-order chi connectivity index (χ0) is 29.6. The number of aromatic nitrogens is 3. The Morgan fingerprint density at radius 1 is 1.07 bits per heavy atom. The smallest absolute Gasteiger partial charge is 0.262 e. The van der Waals surface area contributed by atoms with Crippen molar-refractivity contribution in [1.82, 2.24) is 20.1 Å². The number of rotatable bonds is 8. The van der Waals surface area contributed by atoms with E-state index in [1.165, 1.54) is 18.2 Å². The number of hydrogen-bond donors (Lipinski definition) is 3. The monoisotopic (exact) mass is 592 g/mol. The fourth-order valence-electron chi connectivity index (χ4n) is 6.13. The van der Waals surface area contributed by atoms with Gasteiger partial charge >= 0.3 is 0 Å². The van der Waals surface area contributed by atoms with Crippen LogP contribution in [0.1, 0.15) is 62.6 Å². The van der Waals surface area contributed by atoms with Crippen LogP contribution < -0.4 is 15.8 Å². The molecule has 0 amide bonds. The second-order valence-electron chi connectivity index (χ2n) is 11.7. The van der Waals surface area contributed by atoms with Gasteiger partial charge in [-0.3, -0.25) is 9.40 Å². The van der Waals surface area contributed by atoms with E-state index in [4.69, 9.17) is 15.6 Å². The molecular formula is C31H37FN6O3S. The van der Waals surface area contributed by atoms with E-state index in [0.717, 1.165) is 50.0 Å². The molecule has 4 aromatic rings. The van der Waals surface area contributed by atoms with Crippen LogP contribution in [0.2, 0.25) is 0 Å². The van der Waals surface area contributed by atoms with E-state index in [0.29, 0.717) is 46.0 Å². The first-order chi connectivity index (χ1) is 20.1. The maximum Gasteiger partial charge on any atom is 0.262 e. The number of anilines is 2. The van der Waals surface area contributed by atoms with Gasteiger partial charge in [0.15, 0.2) is 0 Å².